The second kappa shape index (κ2) is 5.83. The molecule has 2 N–H and O–H groups in total. The zero-order chi connectivity index (χ0) is 14.8. The van der Waals surface area contributed by atoms with Crippen molar-refractivity contribution in [2.45, 2.75) is 25.9 Å². The van der Waals surface area contributed by atoms with Gasteiger partial charge in [-0.1, -0.05) is 13.8 Å². The number of nitrogens with one attached hydrogen (secondary N) is 2. The van der Waals surface area contributed by atoms with Crippen molar-refractivity contribution in [1.82, 2.24) is 10.3 Å². The van der Waals surface area contributed by atoms with E-state index in [9.17, 15) is 4.79 Å². The molecular weight excluding hydrogens is 270 g/mol. The van der Waals surface area contributed by atoms with Crippen LogP contribution in [0, 0.1) is 0 Å². The maximum atomic E-state index is 12.1. The first kappa shape index (κ1) is 14.0. The number of hydrogen-bond acceptors (Lipinski definition) is 5. The number of carbonyl (C=O) groups is 1. The van der Waals surface area contributed by atoms with Gasteiger partial charge in [0, 0.05) is 24.7 Å². The number of hydrogen-bond donors (Lipinski definition) is 2. The van der Waals surface area contributed by atoms with Crippen LogP contribution in [0.3, 0.4) is 0 Å². The zero-order valence-electron chi connectivity index (χ0n) is 12.2. The lowest BCUT2D eigenvalue weighted by Crippen LogP contribution is -2.45. The van der Waals surface area contributed by atoms with Gasteiger partial charge in [0.25, 0.3) is 5.91 Å². The number of carbonyl (C=O) groups excluding carboxylic acids is 1. The highest BCUT2D eigenvalue weighted by molar-refractivity contribution is 5.95. The summed E-state index contributed by atoms with van der Waals surface area (Å²) in [5.41, 5.74) is 2.18. The van der Waals surface area contributed by atoms with Crippen molar-refractivity contribution in [2.75, 3.05) is 25.0 Å². The lowest BCUT2D eigenvalue weighted by molar-refractivity contribution is -0.128. The SMILES string of the molecule is CC(C)c1nc2cc(NC(=O)C3CNCCO3)ccc2o1. The number of rotatable bonds is 3. The summed E-state index contributed by atoms with van der Waals surface area (Å²) in [6.45, 7) is 5.93. The molecule has 1 aromatic heterocycles. The minimum absolute atomic E-state index is 0.144. The van der Waals surface area contributed by atoms with Crippen molar-refractivity contribution in [3.8, 4) is 0 Å². The fourth-order valence-electron chi connectivity index (χ4n) is 2.23. The summed E-state index contributed by atoms with van der Waals surface area (Å²) in [6.07, 6.45) is -0.446. The minimum atomic E-state index is -0.446. The summed E-state index contributed by atoms with van der Waals surface area (Å²) in [5.74, 6) is 0.791. The molecule has 1 atom stereocenters. The predicted molar refractivity (Wildman–Crippen MR) is 79.3 cm³/mol. The monoisotopic (exact) mass is 289 g/mol. The Morgan fingerprint density at radius 3 is 3.05 bits per heavy atom. The zero-order valence-corrected chi connectivity index (χ0v) is 12.2. The van der Waals surface area contributed by atoms with Crippen LogP contribution in [0.4, 0.5) is 5.69 Å². The van der Waals surface area contributed by atoms with Gasteiger partial charge in [-0.2, -0.15) is 0 Å². The second-order valence-corrected chi connectivity index (χ2v) is 5.44. The molecule has 2 aromatic rings. The van der Waals surface area contributed by atoms with Crippen molar-refractivity contribution in [2.24, 2.45) is 0 Å². The second-order valence-electron chi connectivity index (χ2n) is 5.44. The van der Waals surface area contributed by atoms with Crippen LogP contribution in [0.1, 0.15) is 25.7 Å². The van der Waals surface area contributed by atoms with E-state index < -0.39 is 6.10 Å². The Morgan fingerprint density at radius 1 is 1.48 bits per heavy atom. The molecule has 112 valence electrons. The molecule has 6 heteroatoms. The molecule has 2 heterocycles. The van der Waals surface area contributed by atoms with E-state index in [1.165, 1.54) is 0 Å². The Labute approximate surface area is 122 Å². The molecule has 1 aliphatic heterocycles. The van der Waals surface area contributed by atoms with E-state index in [0.717, 1.165) is 17.6 Å². The fraction of sp³-hybridized carbons (Fsp3) is 0.467. The van der Waals surface area contributed by atoms with Crippen molar-refractivity contribution in [3.63, 3.8) is 0 Å². The van der Waals surface area contributed by atoms with Gasteiger partial charge < -0.3 is 19.8 Å². The first-order valence-electron chi connectivity index (χ1n) is 7.17. The third-order valence-electron chi connectivity index (χ3n) is 3.39. The van der Waals surface area contributed by atoms with Crippen LogP contribution in [-0.4, -0.2) is 36.7 Å². The molecule has 0 saturated carbocycles. The van der Waals surface area contributed by atoms with Crippen molar-refractivity contribution in [3.05, 3.63) is 24.1 Å². The van der Waals surface area contributed by atoms with E-state index in [1.54, 1.807) is 0 Å². The summed E-state index contributed by atoms with van der Waals surface area (Å²) in [7, 11) is 0. The molecule has 21 heavy (non-hydrogen) atoms. The molecule has 0 radical (unpaired) electrons. The van der Waals surface area contributed by atoms with Crippen LogP contribution in [-0.2, 0) is 9.53 Å². The maximum Gasteiger partial charge on any atom is 0.254 e. The Morgan fingerprint density at radius 2 is 2.33 bits per heavy atom. The molecule has 1 saturated heterocycles. The number of amides is 1. The number of benzene rings is 1. The fourth-order valence-corrected chi connectivity index (χ4v) is 2.23. The van der Waals surface area contributed by atoms with E-state index in [-0.39, 0.29) is 11.8 Å². The summed E-state index contributed by atoms with van der Waals surface area (Å²) in [6, 6.07) is 5.45. The number of aromatic nitrogens is 1. The Kier molecular flexibility index (Phi) is 3.90. The molecule has 0 bridgehead atoms. The van der Waals surface area contributed by atoms with Gasteiger partial charge in [0.1, 0.15) is 11.6 Å². The van der Waals surface area contributed by atoms with E-state index in [2.05, 4.69) is 15.6 Å². The molecule has 1 aromatic carbocycles. The number of anilines is 1. The summed E-state index contributed by atoms with van der Waals surface area (Å²) in [4.78, 5) is 16.5. The van der Waals surface area contributed by atoms with Gasteiger partial charge in [-0.05, 0) is 18.2 Å². The number of ether oxygens (including phenoxy) is 1. The average molecular weight is 289 g/mol. The molecule has 1 unspecified atom stereocenters. The van der Waals surface area contributed by atoms with Gasteiger partial charge in [0.15, 0.2) is 11.5 Å². The van der Waals surface area contributed by atoms with Gasteiger partial charge in [0.2, 0.25) is 0 Å². The van der Waals surface area contributed by atoms with E-state index in [1.807, 2.05) is 32.0 Å². The van der Waals surface area contributed by atoms with E-state index in [4.69, 9.17) is 9.15 Å². The van der Waals surface area contributed by atoms with Gasteiger partial charge in [0.05, 0.1) is 6.61 Å². The van der Waals surface area contributed by atoms with Gasteiger partial charge >= 0.3 is 0 Å². The lowest BCUT2D eigenvalue weighted by atomic mass is 10.2. The van der Waals surface area contributed by atoms with Crippen molar-refractivity contribution in [1.29, 1.82) is 0 Å². The third-order valence-corrected chi connectivity index (χ3v) is 3.39. The number of nitrogens with zero attached hydrogens (tertiary/aromatic N) is 1. The van der Waals surface area contributed by atoms with Crippen LogP contribution < -0.4 is 10.6 Å². The quantitative estimate of drug-likeness (QED) is 0.902. The standard InChI is InChI=1S/C15H19N3O3/c1-9(2)15-18-11-7-10(3-4-12(11)21-15)17-14(19)13-8-16-5-6-20-13/h3-4,7,9,13,16H,5-6,8H2,1-2H3,(H,17,19). The van der Waals surface area contributed by atoms with Crippen molar-refractivity contribution >= 4 is 22.7 Å². The molecular formula is C15H19N3O3. The molecule has 0 spiro atoms. The molecule has 0 aliphatic carbocycles. The van der Waals surface area contributed by atoms with Crippen LogP contribution in [0.15, 0.2) is 22.6 Å². The predicted octanol–water partition coefficient (Wildman–Crippen LogP) is 1.88. The Bertz CT molecular complexity index is 645. The first-order chi connectivity index (χ1) is 10.1. The topological polar surface area (TPSA) is 76.4 Å². The highest BCUT2D eigenvalue weighted by Gasteiger charge is 2.22. The average Bonchev–Trinajstić information content (AvgIpc) is 2.91. The number of oxazole rings is 1. The highest BCUT2D eigenvalue weighted by Crippen LogP contribution is 2.23. The lowest BCUT2D eigenvalue weighted by Gasteiger charge is -2.22. The Balaban J connectivity index is 1.75. The first-order valence-corrected chi connectivity index (χ1v) is 7.17. The van der Waals surface area contributed by atoms with Gasteiger partial charge in [-0.25, -0.2) is 4.98 Å². The molecule has 1 amide bonds. The van der Waals surface area contributed by atoms with Crippen molar-refractivity contribution < 1.29 is 13.9 Å². The Hall–Kier alpha value is -1.92. The minimum Gasteiger partial charge on any atom is -0.440 e. The molecule has 1 fully saturated rings. The van der Waals surface area contributed by atoms with Crippen LogP contribution in [0.5, 0.6) is 0 Å². The molecule has 3 rings (SSSR count). The molecule has 6 nitrogen and oxygen atoms in total. The summed E-state index contributed by atoms with van der Waals surface area (Å²) >= 11 is 0. The third kappa shape index (κ3) is 3.06. The highest BCUT2D eigenvalue weighted by atomic mass is 16.5. The molecule has 1 aliphatic rings. The summed E-state index contributed by atoms with van der Waals surface area (Å²) < 4.78 is 11.1. The normalized spacial score (nSPS) is 19.1. The van der Waals surface area contributed by atoms with E-state index in [0.29, 0.717) is 24.7 Å². The van der Waals surface area contributed by atoms with Crippen LogP contribution in [0.2, 0.25) is 0 Å². The van der Waals surface area contributed by atoms with Gasteiger partial charge in [-0.15, -0.1) is 0 Å². The largest absolute Gasteiger partial charge is 0.440 e. The van der Waals surface area contributed by atoms with Crippen LogP contribution in [0.25, 0.3) is 11.1 Å². The number of fused-ring (bicyclic) bond motifs is 1. The smallest absolute Gasteiger partial charge is 0.254 e. The summed E-state index contributed by atoms with van der Waals surface area (Å²) in [5, 5.41) is 5.99. The van der Waals surface area contributed by atoms with Crippen LogP contribution >= 0.6 is 0 Å². The van der Waals surface area contributed by atoms with Gasteiger partial charge in [-0.3, -0.25) is 4.79 Å². The van der Waals surface area contributed by atoms with E-state index >= 15 is 0 Å². The number of morpholine rings is 1. The maximum absolute atomic E-state index is 12.1.